The molecule has 10 heteroatoms. The number of rotatable bonds is 8. The van der Waals surface area contributed by atoms with Crippen LogP contribution in [0.15, 0.2) is 47.4 Å². The molecular formula is C24H27F3N2O4S. The molecule has 0 aliphatic carbocycles. The van der Waals surface area contributed by atoms with Gasteiger partial charge in [-0.1, -0.05) is 13.0 Å². The van der Waals surface area contributed by atoms with Crippen LogP contribution in [0.4, 0.5) is 24.5 Å². The molecule has 6 nitrogen and oxygen atoms in total. The number of hydrogen-bond acceptors (Lipinski definition) is 5. The minimum absolute atomic E-state index is 0.0818. The highest BCUT2D eigenvalue weighted by Crippen LogP contribution is 2.39. The molecule has 0 unspecified atom stereocenters. The fourth-order valence-corrected chi connectivity index (χ4v) is 5.29. The lowest BCUT2D eigenvalue weighted by Gasteiger charge is -2.39. The maximum absolute atomic E-state index is 13.3. The zero-order valence-electron chi connectivity index (χ0n) is 18.8. The number of sulfone groups is 1. The number of piperidine rings is 1. The first kappa shape index (κ1) is 25.8. The molecule has 0 saturated carbocycles. The van der Waals surface area contributed by atoms with E-state index in [0.29, 0.717) is 50.2 Å². The normalized spacial score (nSPS) is 16.2. The van der Waals surface area contributed by atoms with Gasteiger partial charge in [-0.25, -0.2) is 13.3 Å². The topological polar surface area (TPSA) is 71.2 Å². The summed E-state index contributed by atoms with van der Waals surface area (Å²) < 4.78 is 69.6. The van der Waals surface area contributed by atoms with E-state index in [1.165, 1.54) is 24.3 Å². The van der Waals surface area contributed by atoms with Crippen molar-refractivity contribution in [2.45, 2.75) is 49.3 Å². The molecule has 0 atom stereocenters. The van der Waals surface area contributed by atoms with Crippen molar-refractivity contribution in [2.75, 3.05) is 30.3 Å². The Balaban J connectivity index is 1.55. The Labute approximate surface area is 197 Å². The molecule has 184 valence electrons. The molecule has 1 fully saturated rings. The lowest BCUT2D eigenvalue weighted by molar-refractivity contribution is -0.136. The van der Waals surface area contributed by atoms with Crippen LogP contribution in [-0.4, -0.2) is 44.6 Å². The Morgan fingerprint density at radius 3 is 2.35 bits per heavy atom. The second-order valence-electron chi connectivity index (χ2n) is 8.41. The van der Waals surface area contributed by atoms with Gasteiger partial charge in [0.05, 0.1) is 35.0 Å². The molecule has 1 saturated heterocycles. The monoisotopic (exact) mass is 496 g/mol. The Morgan fingerprint density at radius 2 is 1.79 bits per heavy atom. The predicted molar refractivity (Wildman–Crippen MR) is 123 cm³/mol. The van der Waals surface area contributed by atoms with Crippen molar-refractivity contribution < 1.29 is 31.4 Å². The van der Waals surface area contributed by atoms with Crippen molar-refractivity contribution in [1.29, 1.82) is 0 Å². The Hall–Kier alpha value is -2.77. The van der Waals surface area contributed by atoms with Crippen molar-refractivity contribution in [2.24, 2.45) is 0 Å². The molecule has 34 heavy (non-hydrogen) atoms. The standard InChI is InChI=1S/C24H27F3N2O4S/c1-3-16-34(31,32)20-7-5-19(6-8-20)33-15-12-23(30)10-13-29(14-11-23)18-4-9-22(28-2)21(17-18)24(25,26)27/h4-9,17,30H,3,10-16H2,1H3. The van der Waals surface area contributed by atoms with Crippen LogP contribution in [0, 0.1) is 6.57 Å². The van der Waals surface area contributed by atoms with E-state index in [-0.39, 0.29) is 17.3 Å². The fourth-order valence-electron chi connectivity index (χ4n) is 3.97. The molecule has 0 spiro atoms. The van der Waals surface area contributed by atoms with Gasteiger partial charge in [-0.2, -0.15) is 13.2 Å². The maximum Gasteiger partial charge on any atom is 0.407 e. The molecule has 1 aliphatic heterocycles. The third kappa shape index (κ3) is 6.21. The molecule has 0 amide bonds. The number of nitrogens with zero attached hydrogens (tertiary/aromatic N) is 2. The molecule has 3 rings (SSSR count). The van der Waals surface area contributed by atoms with Gasteiger partial charge >= 0.3 is 6.18 Å². The lowest BCUT2D eigenvalue weighted by Crippen LogP contribution is -2.45. The average molecular weight is 497 g/mol. The Morgan fingerprint density at radius 1 is 1.15 bits per heavy atom. The van der Waals surface area contributed by atoms with E-state index in [9.17, 15) is 26.7 Å². The first-order chi connectivity index (χ1) is 16.0. The van der Waals surface area contributed by atoms with Crippen LogP contribution < -0.4 is 9.64 Å². The third-order valence-corrected chi connectivity index (χ3v) is 7.89. The van der Waals surface area contributed by atoms with E-state index in [1.807, 2.05) is 0 Å². The van der Waals surface area contributed by atoms with E-state index in [1.54, 1.807) is 24.0 Å². The number of benzene rings is 2. The second kappa shape index (κ2) is 10.2. The summed E-state index contributed by atoms with van der Waals surface area (Å²) in [6.45, 7) is 9.71. The zero-order chi connectivity index (χ0) is 25.0. The van der Waals surface area contributed by atoms with Crippen molar-refractivity contribution in [3.63, 3.8) is 0 Å². The average Bonchev–Trinajstić information content (AvgIpc) is 2.79. The van der Waals surface area contributed by atoms with Crippen molar-refractivity contribution in [3.8, 4) is 5.75 Å². The van der Waals surface area contributed by atoms with Crippen LogP contribution in [-0.2, 0) is 16.0 Å². The van der Waals surface area contributed by atoms with Crippen LogP contribution in [0.1, 0.15) is 38.2 Å². The summed E-state index contributed by atoms with van der Waals surface area (Å²) in [4.78, 5) is 4.97. The molecular weight excluding hydrogens is 469 g/mol. The summed E-state index contributed by atoms with van der Waals surface area (Å²) >= 11 is 0. The SMILES string of the molecule is [C-]#[N+]c1ccc(N2CCC(O)(CCOc3ccc(S(=O)(=O)CCC)cc3)CC2)cc1C(F)(F)F. The summed E-state index contributed by atoms with van der Waals surface area (Å²) in [6, 6.07) is 9.84. The highest BCUT2D eigenvalue weighted by Gasteiger charge is 2.36. The molecule has 0 radical (unpaired) electrons. The van der Waals surface area contributed by atoms with Crippen molar-refractivity contribution in [3.05, 3.63) is 59.4 Å². The van der Waals surface area contributed by atoms with Crippen molar-refractivity contribution >= 4 is 21.2 Å². The van der Waals surface area contributed by atoms with Gasteiger partial charge in [-0.3, -0.25) is 0 Å². The van der Waals surface area contributed by atoms with E-state index < -0.39 is 32.9 Å². The fraction of sp³-hybridized carbons (Fsp3) is 0.458. The Kier molecular flexibility index (Phi) is 7.78. The van der Waals surface area contributed by atoms with Gasteiger partial charge in [0.15, 0.2) is 15.5 Å². The van der Waals surface area contributed by atoms with E-state index in [4.69, 9.17) is 11.3 Å². The van der Waals surface area contributed by atoms with E-state index in [2.05, 4.69) is 4.85 Å². The van der Waals surface area contributed by atoms with Crippen molar-refractivity contribution in [1.82, 2.24) is 0 Å². The van der Waals surface area contributed by atoms with Gasteiger partial charge in [0.1, 0.15) is 5.75 Å². The molecule has 2 aromatic rings. The summed E-state index contributed by atoms with van der Waals surface area (Å²) in [7, 11) is -3.29. The summed E-state index contributed by atoms with van der Waals surface area (Å²) in [5.74, 6) is 0.578. The maximum atomic E-state index is 13.3. The minimum Gasteiger partial charge on any atom is -0.493 e. The summed E-state index contributed by atoms with van der Waals surface area (Å²) in [6.07, 6.45) is -3.03. The third-order valence-electron chi connectivity index (χ3n) is 5.96. The lowest BCUT2D eigenvalue weighted by atomic mass is 9.88. The summed E-state index contributed by atoms with van der Waals surface area (Å²) in [5, 5.41) is 10.9. The predicted octanol–water partition coefficient (Wildman–Crippen LogP) is 5.24. The molecule has 0 bridgehead atoms. The van der Waals surface area contributed by atoms with Gasteiger partial charge in [-0.05, 0) is 55.7 Å². The van der Waals surface area contributed by atoms with Crippen LogP contribution in [0.2, 0.25) is 0 Å². The highest BCUT2D eigenvalue weighted by molar-refractivity contribution is 7.91. The van der Waals surface area contributed by atoms with Gasteiger partial charge in [0.2, 0.25) is 0 Å². The van der Waals surface area contributed by atoms with Gasteiger partial charge in [0.25, 0.3) is 0 Å². The number of anilines is 1. The second-order valence-corrected chi connectivity index (χ2v) is 10.5. The smallest absolute Gasteiger partial charge is 0.407 e. The first-order valence-electron chi connectivity index (χ1n) is 11.0. The number of halogens is 3. The van der Waals surface area contributed by atoms with Crippen LogP contribution in [0.3, 0.4) is 0 Å². The number of aliphatic hydroxyl groups is 1. The highest BCUT2D eigenvalue weighted by atomic mass is 32.2. The van der Waals surface area contributed by atoms with Crippen LogP contribution >= 0.6 is 0 Å². The van der Waals surface area contributed by atoms with Gasteiger partial charge in [-0.15, -0.1) is 0 Å². The van der Waals surface area contributed by atoms with Gasteiger partial charge < -0.3 is 14.7 Å². The number of alkyl halides is 3. The van der Waals surface area contributed by atoms with Crippen LogP contribution in [0.25, 0.3) is 4.85 Å². The quantitative estimate of drug-likeness (QED) is 0.506. The molecule has 0 aromatic heterocycles. The summed E-state index contributed by atoms with van der Waals surface area (Å²) in [5.41, 5.74) is -2.03. The number of hydrogen-bond donors (Lipinski definition) is 1. The molecule has 1 heterocycles. The minimum atomic E-state index is -4.61. The van der Waals surface area contributed by atoms with Gasteiger partial charge in [0, 0.05) is 25.2 Å². The van der Waals surface area contributed by atoms with E-state index in [0.717, 1.165) is 6.07 Å². The molecule has 2 aromatic carbocycles. The largest absolute Gasteiger partial charge is 0.493 e. The van der Waals surface area contributed by atoms with Crippen LogP contribution in [0.5, 0.6) is 5.75 Å². The molecule has 1 aliphatic rings. The number of ether oxygens (including phenoxy) is 1. The first-order valence-corrected chi connectivity index (χ1v) is 12.6. The Bertz CT molecular complexity index is 1130. The zero-order valence-corrected chi connectivity index (χ0v) is 19.6. The molecule has 1 N–H and O–H groups in total. The van der Waals surface area contributed by atoms with E-state index >= 15 is 0 Å².